The summed E-state index contributed by atoms with van der Waals surface area (Å²) in [7, 11) is 0. The number of esters is 1. The summed E-state index contributed by atoms with van der Waals surface area (Å²) in [4.78, 5) is 28.0. The lowest BCUT2D eigenvalue weighted by atomic mass is 10.2. The van der Waals surface area contributed by atoms with Gasteiger partial charge in [-0.2, -0.15) is 0 Å². The van der Waals surface area contributed by atoms with E-state index < -0.39 is 0 Å². The number of carbonyl (C=O) groups excluding carboxylic acids is 2. The second kappa shape index (κ2) is 9.55. The summed E-state index contributed by atoms with van der Waals surface area (Å²) in [6.45, 7) is 9.97. The highest BCUT2D eigenvalue weighted by Crippen LogP contribution is 2.13. The number of hydrogen-bond acceptors (Lipinski definition) is 4. The Kier molecular flexibility index (Phi) is 8.05. The summed E-state index contributed by atoms with van der Waals surface area (Å²) < 4.78 is 4.97. The summed E-state index contributed by atoms with van der Waals surface area (Å²) in [5.41, 5.74) is 0. The number of rotatable bonds is 7. The minimum absolute atomic E-state index is 0.100. The Morgan fingerprint density at radius 2 is 1.90 bits per heavy atom. The standard InChI is InChI=1S/C16H28N2O3/c1-4-10-18(13-15(19)21-5-2)14(3)16(20)17-11-8-6-7-9-12-17/h4,14H,1,5-13H2,2-3H3. The third-order valence-electron chi connectivity index (χ3n) is 3.82. The molecule has 0 aromatic heterocycles. The van der Waals surface area contributed by atoms with Crippen LogP contribution >= 0.6 is 0 Å². The number of hydrogen-bond donors (Lipinski definition) is 0. The van der Waals surface area contributed by atoms with Gasteiger partial charge in [-0.15, -0.1) is 6.58 Å². The zero-order valence-electron chi connectivity index (χ0n) is 13.3. The minimum atomic E-state index is -0.328. The van der Waals surface area contributed by atoms with E-state index in [0.29, 0.717) is 13.2 Å². The van der Waals surface area contributed by atoms with Crippen LogP contribution in [0.3, 0.4) is 0 Å². The summed E-state index contributed by atoms with van der Waals surface area (Å²) in [5, 5.41) is 0. The van der Waals surface area contributed by atoms with Crippen molar-refractivity contribution in [3.05, 3.63) is 12.7 Å². The quantitative estimate of drug-likeness (QED) is 0.531. The van der Waals surface area contributed by atoms with Crippen molar-refractivity contribution >= 4 is 11.9 Å². The number of carbonyl (C=O) groups is 2. The molecule has 120 valence electrons. The van der Waals surface area contributed by atoms with Crippen molar-refractivity contribution in [2.24, 2.45) is 0 Å². The molecule has 1 amide bonds. The lowest BCUT2D eigenvalue weighted by Crippen LogP contribution is -2.49. The van der Waals surface area contributed by atoms with Gasteiger partial charge in [0.05, 0.1) is 19.2 Å². The first-order valence-corrected chi connectivity index (χ1v) is 7.89. The van der Waals surface area contributed by atoms with Crippen molar-refractivity contribution in [2.45, 2.75) is 45.6 Å². The van der Waals surface area contributed by atoms with Crippen LogP contribution in [0.2, 0.25) is 0 Å². The third kappa shape index (κ3) is 5.87. The largest absolute Gasteiger partial charge is 0.465 e. The van der Waals surface area contributed by atoms with Crippen LogP contribution in [-0.2, 0) is 14.3 Å². The molecule has 0 aliphatic carbocycles. The Hall–Kier alpha value is -1.36. The number of nitrogens with zero attached hydrogens (tertiary/aromatic N) is 2. The number of ether oxygens (including phenoxy) is 1. The van der Waals surface area contributed by atoms with Crippen molar-refractivity contribution in [3.8, 4) is 0 Å². The topological polar surface area (TPSA) is 49.9 Å². The van der Waals surface area contributed by atoms with E-state index in [-0.39, 0.29) is 24.5 Å². The molecule has 1 aliphatic heterocycles. The maximum Gasteiger partial charge on any atom is 0.320 e. The molecule has 1 rings (SSSR count). The number of likely N-dealkylation sites (tertiary alicyclic amines) is 1. The first-order chi connectivity index (χ1) is 10.1. The van der Waals surface area contributed by atoms with Crippen LogP contribution in [-0.4, -0.2) is 60.5 Å². The van der Waals surface area contributed by atoms with Crippen LogP contribution in [0, 0.1) is 0 Å². The van der Waals surface area contributed by atoms with Crippen molar-refractivity contribution in [1.29, 1.82) is 0 Å². The van der Waals surface area contributed by atoms with Crippen molar-refractivity contribution in [3.63, 3.8) is 0 Å². The minimum Gasteiger partial charge on any atom is -0.465 e. The molecule has 0 aromatic rings. The van der Waals surface area contributed by atoms with Gasteiger partial charge in [0.15, 0.2) is 0 Å². The van der Waals surface area contributed by atoms with Crippen molar-refractivity contribution in [2.75, 3.05) is 32.8 Å². The molecule has 1 aliphatic rings. The van der Waals surface area contributed by atoms with Crippen LogP contribution in [0.5, 0.6) is 0 Å². The molecule has 0 radical (unpaired) electrons. The van der Waals surface area contributed by atoms with Crippen LogP contribution in [0.25, 0.3) is 0 Å². The first kappa shape index (κ1) is 17.7. The SMILES string of the molecule is C=CCN(CC(=O)OCC)C(C)C(=O)N1CCCCCC1. The van der Waals surface area contributed by atoms with Gasteiger partial charge in [-0.3, -0.25) is 14.5 Å². The van der Waals surface area contributed by atoms with Crippen LogP contribution < -0.4 is 0 Å². The zero-order valence-corrected chi connectivity index (χ0v) is 13.3. The summed E-state index contributed by atoms with van der Waals surface area (Å²) >= 11 is 0. The van der Waals surface area contributed by atoms with Gasteiger partial charge in [0.2, 0.25) is 5.91 Å². The fourth-order valence-electron chi connectivity index (χ4n) is 2.61. The molecular weight excluding hydrogens is 268 g/mol. The highest BCUT2D eigenvalue weighted by atomic mass is 16.5. The summed E-state index contributed by atoms with van der Waals surface area (Å²) in [6.07, 6.45) is 6.23. The molecule has 1 unspecified atom stereocenters. The van der Waals surface area contributed by atoms with E-state index in [1.807, 2.05) is 16.7 Å². The maximum absolute atomic E-state index is 12.6. The first-order valence-electron chi connectivity index (χ1n) is 7.89. The summed E-state index contributed by atoms with van der Waals surface area (Å²) in [6, 6.07) is -0.328. The molecule has 1 saturated heterocycles. The molecule has 5 heteroatoms. The highest BCUT2D eigenvalue weighted by Gasteiger charge is 2.27. The number of amides is 1. The predicted octanol–water partition coefficient (Wildman–Crippen LogP) is 1.83. The van der Waals surface area contributed by atoms with E-state index in [2.05, 4.69) is 6.58 Å². The molecule has 0 bridgehead atoms. The highest BCUT2D eigenvalue weighted by molar-refractivity contribution is 5.82. The molecule has 0 aromatic carbocycles. The molecule has 1 fully saturated rings. The third-order valence-corrected chi connectivity index (χ3v) is 3.82. The molecule has 5 nitrogen and oxygen atoms in total. The zero-order chi connectivity index (χ0) is 15.7. The normalized spacial score (nSPS) is 17.2. The van der Waals surface area contributed by atoms with Crippen LogP contribution in [0.15, 0.2) is 12.7 Å². The lowest BCUT2D eigenvalue weighted by Gasteiger charge is -2.31. The van der Waals surface area contributed by atoms with Crippen molar-refractivity contribution < 1.29 is 14.3 Å². The molecule has 1 atom stereocenters. The fourth-order valence-corrected chi connectivity index (χ4v) is 2.61. The van der Waals surface area contributed by atoms with Gasteiger partial charge in [0.1, 0.15) is 0 Å². The molecule has 0 N–H and O–H groups in total. The Balaban J connectivity index is 2.64. The van der Waals surface area contributed by atoms with E-state index in [4.69, 9.17) is 4.74 Å². The Bertz CT molecular complexity index is 349. The van der Waals surface area contributed by atoms with Gasteiger partial charge in [-0.1, -0.05) is 18.9 Å². The smallest absolute Gasteiger partial charge is 0.320 e. The second-order valence-electron chi connectivity index (χ2n) is 5.44. The Morgan fingerprint density at radius 3 is 2.43 bits per heavy atom. The molecule has 0 saturated carbocycles. The monoisotopic (exact) mass is 296 g/mol. The van der Waals surface area contributed by atoms with E-state index >= 15 is 0 Å². The van der Waals surface area contributed by atoms with Crippen LogP contribution in [0.1, 0.15) is 39.5 Å². The fraction of sp³-hybridized carbons (Fsp3) is 0.750. The second-order valence-corrected chi connectivity index (χ2v) is 5.44. The average molecular weight is 296 g/mol. The van der Waals surface area contributed by atoms with E-state index in [9.17, 15) is 9.59 Å². The lowest BCUT2D eigenvalue weighted by molar-refractivity contribution is -0.146. The van der Waals surface area contributed by atoms with Gasteiger partial charge in [0.25, 0.3) is 0 Å². The average Bonchev–Trinajstić information content (AvgIpc) is 2.74. The maximum atomic E-state index is 12.6. The molecule has 0 spiro atoms. The molecule has 21 heavy (non-hydrogen) atoms. The predicted molar refractivity (Wildman–Crippen MR) is 82.9 cm³/mol. The summed E-state index contributed by atoms with van der Waals surface area (Å²) in [5.74, 6) is -0.196. The van der Waals surface area contributed by atoms with Gasteiger partial charge < -0.3 is 9.64 Å². The molecule has 1 heterocycles. The Morgan fingerprint density at radius 1 is 1.29 bits per heavy atom. The van der Waals surface area contributed by atoms with E-state index in [0.717, 1.165) is 25.9 Å². The van der Waals surface area contributed by atoms with Crippen molar-refractivity contribution in [1.82, 2.24) is 9.80 Å². The van der Waals surface area contributed by atoms with Gasteiger partial charge in [-0.05, 0) is 26.7 Å². The van der Waals surface area contributed by atoms with Gasteiger partial charge >= 0.3 is 5.97 Å². The van der Waals surface area contributed by atoms with Crippen LogP contribution in [0.4, 0.5) is 0 Å². The Labute approximate surface area is 127 Å². The van der Waals surface area contributed by atoms with Gasteiger partial charge in [0, 0.05) is 19.6 Å². The molecular formula is C16H28N2O3. The van der Waals surface area contributed by atoms with E-state index in [1.54, 1.807) is 13.0 Å². The van der Waals surface area contributed by atoms with Gasteiger partial charge in [-0.25, -0.2) is 0 Å². The van der Waals surface area contributed by atoms with E-state index in [1.165, 1.54) is 12.8 Å².